The maximum Gasteiger partial charge on any atom is 0.233 e. The van der Waals surface area contributed by atoms with E-state index in [1.54, 1.807) is 6.33 Å². The molecule has 2 aromatic rings. The molecular weight excluding hydrogens is 384 g/mol. The summed E-state index contributed by atoms with van der Waals surface area (Å²) in [5.74, 6) is 0.640. The Bertz CT molecular complexity index is 832. The SMILES string of the molecule is Cc1ccccc1N1CCN([C@@H]2CCCN(C(=O)CSc3nncn3C)C2)CC1. The van der Waals surface area contributed by atoms with Crippen molar-refractivity contribution in [3.8, 4) is 0 Å². The van der Waals surface area contributed by atoms with Gasteiger partial charge in [-0.15, -0.1) is 10.2 Å². The second-order valence-electron chi connectivity index (χ2n) is 7.96. The van der Waals surface area contributed by atoms with E-state index in [1.165, 1.54) is 29.4 Å². The number of nitrogens with zero attached hydrogens (tertiary/aromatic N) is 6. The number of piperidine rings is 1. The summed E-state index contributed by atoms with van der Waals surface area (Å²) in [6.07, 6.45) is 3.94. The summed E-state index contributed by atoms with van der Waals surface area (Å²) < 4.78 is 1.85. The highest BCUT2D eigenvalue weighted by Gasteiger charge is 2.30. The molecule has 8 heteroatoms. The number of aryl methyl sites for hydroxylation is 2. The lowest BCUT2D eigenvalue weighted by molar-refractivity contribution is -0.130. The fourth-order valence-electron chi connectivity index (χ4n) is 4.35. The first kappa shape index (κ1) is 20.2. The Morgan fingerprint density at radius 2 is 1.97 bits per heavy atom. The van der Waals surface area contributed by atoms with Gasteiger partial charge in [0.15, 0.2) is 5.16 Å². The van der Waals surface area contributed by atoms with Crippen LogP contribution in [0.5, 0.6) is 0 Å². The first-order chi connectivity index (χ1) is 14.1. The van der Waals surface area contributed by atoms with Crippen molar-refractivity contribution >= 4 is 23.4 Å². The van der Waals surface area contributed by atoms with E-state index in [4.69, 9.17) is 0 Å². The Labute approximate surface area is 177 Å². The summed E-state index contributed by atoms with van der Waals surface area (Å²) in [4.78, 5) is 19.9. The normalized spacial score (nSPS) is 20.8. The van der Waals surface area contributed by atoms with E-state index in [1.807, 2.05) is 16.5 Å². The molecule has 0 radical (unpaired) electrons. The number of benzene rings is 1. The van der Waals surface area contributed by atoms with Gasteiger partial charge in [-0.2, -0.15) is 0 Å². The zero-order chi connectivity index (χ0) is 20.2. The Hall–Kier alpha value is -2.06. The number of hydrogen-bond acceptors (Lipinski definition) is 6. The number of para-hydroxylation sites is 1. The second-order valence-corrected chi connectivity index (χ2v) is 8.90. The van der Waals surface area contributed by atoms with Gasteiger partial charge in [-0.3, -0.25) is 9.69 Å². The van der Waals surface area contributed by atoms with Crippen LogP contribution in [0.15, 0.2) is 35.7 Å². The molecule has 2 saturated heterocycles. The fourth-order valence-corrected chi connectivity index (χ4v) is 5.14. The topological polar surface area (TPSA) is 57.5 Å². The van der Waals surface area contributed by atoms with Gasteiger partial charge in [0.1, 0.15) is 6.33 Å². The number of carbonyl (C=O) groups excluding carboxylic acids is 1. The van der Waals surface area contributed by atoms with Gasteiger partial charge in [-0.05, 0) is 31.4 Å². The molecule has 1 amide bonds. The fraction of sp³-hybridized carbons (Fsp3) is 0.571. The third-order valence-corrected chi connectivity index (χ3v) is 7.05. The predicted molar refractivity (Wildman–Crippen MR) is 116 cm³/mol. The zero-order valence-electron chi connectivity index (χ0n) is 17.3. The van der Waals surface area contributed by atoms with E-state index in [-0.39, 0.29) is 5.91 Å². The van der Waals surface area contributed by atoms with Crippen LogP contribution in [0.2, 0.25) is 0 Å². The van der Waals surface area contributed by atoms with Gasteiger partial charge in [-0.25, -0.2) is 0 Å². The second kappa shape index (κ2) is 9.17. The maximum absolute atomic E-state index is 12.7. The summed E-state index contributed by atoms with van der Waals surface area (Å²) in [6.45, 7) is 8.14. The predicted octanol–water partition coefficient (Wildman–Crippen LogP) is 2.03. The Morgan fingerprint density at radius 3 is 2.69 bits per heavy atom. The van der Waals surface area contributed by atoms with Crippen molar-refractivity contribution < 1.29 is 4.79 Å². The lowest BCUT2D eigenvalue weighted by Crippen LogP contribution is -2.56. The molecule has 0 saturated carbocycles. The van der Waals surface area contributed by atoms with Crippen molar-refractivity contribution in [2.75, 3.05) is 49.9 Å². The summed E-state index contributed by atoms with van der Waals surface area (Å²) in [6, 6.07) is 9.11. The number of rotatable bonds is 5. The van der Waals surface area contributed by atoms with Crippen LogP contribution in [0, 0.1) is 6.92 Å². The van der Waals surface area contributed by atoms with Crippen molar-refractivity contribution in [1.29, 1.82) is 0 Å². The van der Waals surface area contributed by atoms with Crippen molar-refractivity contribution in [2.45, 2.75) is 31.0 Å². The highest BCUT2D eigenvalue weighted by Crippen LogP contribution is 2.24. The summed E-state index contributed by atoms with van der Waals surface area (Å²) >= 11 is 1.47. The molecule has 1 atom stereocenters. The lowest BCUT2D eigenvalue weighted by Gasteiger charge is -2.44. The average molecular weight is 415 g/mol. The minimum Gasteiger partial charge on any atom is -0.369 e. The standard InChI is InChI=1S/C21H30N6OS/c1-17-6-3-4-8-19(17)26-12-10-25(11-13-26)18-7-5-9-27(14-18)20(28)15-29-21-23-22-16-24(21)2/h3-4,6,8,16,18H,5,7,9-15H2,1-2H3/t18-/m1/s1. The summed E-state index contributed by atoms with van der Waals surface area (Å²) in [7, 11) is 1.90. The van der Waals surface area contributed by atoms with Gasteiger partial charge in [-0.1, -0.05) is 30.0 Å². The molecule has 0 aliphatic carbocycles. The quantitative estimate of drug-likeness (QED) is 0.698. The van der Waals surface area contributed by atoms with Crippen molar-refractivity contribution in [2.24, 2.45) is 7.05 Å². The molecule has 0 N–H and O–H groups in total. The molecule has 2 aliphatic heterocycles. The molecule has 0 bridgehead atoms. The number of aromatic nitrogens is 3. The van der Waals surface area contributed by atoms with E-state index in [0.29, 0.717) is 11.8 Å². The highest BCUT2D eigenvalue weighted by atomic mass is 32.2. The Morgan fingerprint density at radius 1 is 1.17 bits per heavy atom. The summed E-state index contributed by atoms with van der Waals surface area (Å²) in [5.41, 5.74) is 2.70. The molecule has 156 valence electrons. The van der Waals surface area contributed by atoms with Gasteiger partial charge in [0.05, 0.1) is 5.75 Å². The average Bonchev–Trinajstić information content (AvgIpc) is 3.17. The van der Waals surface area contributed by atoms with Crippen molar-refractivity contribution in [3.63, 3.8) is 0 Å². The van der Waals surface area contributed by atoms with E-state index < -0.39 is 0 Å². The molecule has 4 rings (SSSR count). The number of piperazine rings is 1. The summed E-state index contributed by atoms with van der Waals surface area (Å²) in [5, 5.41) is 8.72. The minimum atomic E-state index is 0.209. The molecule has 29 heavy (non-hydrogen) atoms. The molecule has 7 nitrogen and oxygen atoms in total. The van der Waals surface area contributed by atoms with Crippen LogP contribution in [0.25, 0.3) is 0 Å². The van der Waals surface area contributed by atoms with Crippen LogP contribution in [0.1, 0.15) is 18.4 Å². The highest BCUT2D eigenvalue weighted by molar-refractivity contribution is 7.99. The van der Waals surface area contributed by atoms with E-state index >= 15 is 0 Å². The minimum absolute atomic E-state index is 0.209. The van der Waals surface area contributed by atoms with Gasteiger partial charge in [0, 0.05) is 58.0 Å². The monoisotopic (exact) mass is 414 g/mol. The lowest BCUT2D eigenvalue weighted by atomic mass is 10.0. The van der Waals surface area contributed by atoms with Crippen LogP contribution in [-0.4, -0.2) is 81.5 Å². The molecule has 3 heterocycles. The molecule has 1 aromatic carbocycles. The number of likely N-dealkylation sites (tertiary alicyclic amines) is 1. The van der Waals surface area contributed by atoms with E-state index in [9.17, 15) is 4.79 Å². The van der Waals surface area contributed by atoms with Crippen LogP contribution >= 0.6 is 11.8 Å². The van der Waals surface area contributed by atoms with Crippen LogP contribution < -0.4 is 4.90 Å². The third kappa shape index (κ3) is 4.75. The van der Waals surface area contributed by atoms with Crippen LogP contribution in [0.4, 0.5) is 5.69 Å². The smallest absolute Gasteiger partial charge is 0.233 e. The largest absolute Gasteiger partial charge is 0.369 e. The molecular formula is C21H30N6OS. The zero-order valence-corrected chi connectivity index (χ0v) is 18.1. The molecule has 0 spiro atoms. The number of anilines is 1. The van der Waals surface area contributed by atoms with Gasteiger partial charge >= 0.3 is 0 Å². The number of hydrogen-bond donors (Lipinski definition) is 0. The number of carbonyl (C=O) groups is 1. The molecule has 1 aromatic heterocycles. The van der Waals surface area contributed by atoms with Crippen LogP contribution in [-0.2, 0) is 11.8 Å². The van der Waals surface area contributed by atoms with Gasteiger partial charge in [0.25, 0.3) is 0 Å². The van der Waals surface area contributed by atoms with Crippen molar-refractivity contribution in [1.82, 2.24) is 24.6 Å². The van der Waals surface area contributed by atoms with Crippen LogP contribution in [0.3, 0.4) is 0 Å². The Balaban J connectivity index is 1.28. The first-order valence-electron chi connectivity index (χ1n) is 10.4. The van der Waals surface area contributed by atoms with E-state index in [2.05, 4.69) is 51.2 Å². The van der Waals surface area contributed by atoms with E-state index in [0.717, 1.165) is 50.8 Å². The number of amides is 1. The molecule has 2 fully saturated rings. The number of thioether (sulfide) groups is 1. The Kier molecular flexibility index (Phi) is 6.40. The van der Waals surface area contributed by atoms with Gasteiger partial charge < -0.3 is 14.4 Å². The van der Waals surface area contributed by atoms with Crippen molar-refractivity contribution in [3.05, 3.63) is 36.2 Å². The third-order valence-electron chi connectivity index (χ3n) is 6.03. The van der Waals surface area contributed by atoms with Gasteiger partial charge in [0.2, 0.25) is 5.91 Å². The first-order valence-corrected chi connectivity index (χ1v) is 11.4. The maximum atomic E-state index is 12.7. The molecule has 2 aliphatic rings. The molecule has 0 unspecified atom stereocenters.